The molecule has 1 aliphatic heterocycles. The first kappa shape index (κ1) is 25.5. The van der Waals surface area contributed by atoms with Crippen LogP contribution in [-0.2, 0) is 14.3 Å². The summed E-state index contributed by atoms with van der Waals surface area (Å²) >= 11 is -0.995. The van der Waals surface area contributed by atoms with Gasteiger partial charge in [0.1, 0.15) is 30.5 Å². The van der Waals surface area contributed by atoms with Crippen molar-refractivity contribution in [1.29, 1.82) is 0 Å². The highest BCUT2D eigenvalue weighted by atomic mass is 127. The van der Waals surface area contributed by atoms with Gasteiger partial charge < -0.3 is 17.9 Å². The Morgan fingerprint density at radius 1 is 1.18 bits per heavy atom. The second-order valence-electron chi connectivity index (χ2n) is 9.46. The lowest BCUT2D eigenvalue weighted by Crippen LogP contribution is -2.17. The van der Waals surface area contributed by atoms with Crippen LogP contribution in [0.4, 0.5) is 13.2 Å². The Labute approximate surface area is 231 Å². The lowest BCUT2D eigenvalue weighted by atomic mass is 10.00. The molecule has 0 spiro atoms. The average Bonchev–Trinajstić information content (AvgIpc) is 3.59. The van der Waals surface area contributed by atoms with E-state index in [4.69, 9.17) is 3.07 Å². The molecule has 0 saturated carbocycles. The zero-order valence-electron chi connectivity index (χ0n) is 20.5. The number of aromatic nitrogens is 2. The fourth-order valence-corrected chi connectivity index (χ4v) is 6.85. The number of hydrogen-bond acceptors (Lipinski definition) is 5. The summed E-state index contributed by atoms with van der Waals surface area (Å²) < 4.78 is 50.3. The number of alkyl halides is 3. The van der Waals surface area contributed by atoms with Crippen LogP contribution in [0.15, 0.2) is 59.9 Å². The predicted octanol–water partition coefficient (Wildman–Crippen LogP) is 6.78. The zero-order chi connectivity index (χ0) is 27.3. The number of H-pyrrole nitrogens is 1. The zero-order valence-corrected chi connectivity index (χ0v) is 22.6. The number of benzene rings is 2. The van der Waals surface area contributed by atoms with Crippen molar-refractivity contribution in [1.82, 2.24) is 9.97 Å². The fraction of sp³-hybridized carbons (Fsp3) is 0.214. The van der Waals surface area contributed by atoms with Crippen LogP contribution < -0.4 is 4.74 Å². The summed E-state index contributed by atoms with van der Waals surface area (Å²) in [6.07, 6.45) is 0.0626. The largest absolute Gasteiger partial charge is 0.573 e. The van der Waals surface area contributed by atoms with E-state index in [0.29, 0.717) is 11.1 Å². The molecule has 2 aromatic carbocycles. The molecule has 0 bridgehead atoms. The number of pyridine rings is 1. The van der Waals surface area contributed by atoms with Gasteiger partial charge in [0.05, 0.1) is 6.42 Å². The average molecular weight is 647 g/mol. The van der Waals surface area contributed by atoms with Gasteiger partial charge in [0, 0.05) is 46.0 Å². The number of halogens is 4. The van der Waals surface area contributed by atoms with Crippen LogP contribution >= 0.6 is 21.1 Å². The highest BCUT2D eigenvalue weighted by Gasteiger charge is 2.32. The number of nitrogens with one attached hydrogen (secondary N) is 1. The van der Waals surface area contributed by atoms with E-state index in [2.05, 4.69) is 19.7 Å². The van der Waals surface area contributed by atoms with Gasteiger partial charge >= 0.3 is 12.3 Å². The minimum atomic E-state index is -4.85. The highest BCUT2D eigenvalue weighted by Crippen LogP contribution is 2.40. The maximum atomic E-state index is 13.1. The van der Waals surface area contributed by atoms with E-state index >= 15 is 0 Å². The Balaban J connectivity index is 1.35. The third-order valence-corrected chi connectivity index (χ3v) is 8.77. The number of aliphatic imine (C=N–C) groups is 1. The van der Waals surface area contributed by atoms with Crippen molar-refractivity contribution in [3.63, 3.8) is 0 Å². The van der Waals surface area contributed by atoms with Gasteiger partial charge in [-0.1, -0.05) is 6.07 Å². The number of fused-ring (bicyclic) bond motifs is 3. The SMILES string of the molecule is Cc1cnccc1-c1cc(OC(F)(F)F)cc(C2=NC(c3ccc4[nH]c5c(c4c3)CCC5CC(=O)O)=IO2)c1. The molecular formula is C28H21F3IN3O4. The molecule has 2 N–H and O–H groups in total. The van der Waals surface area contributed by atoms with Crippen LogP contribution in [0, 0.1) is 6.92 Å². The summed E-state index contributed by atoms with van der Waals surface area (Å²) in [5.74, 6) is -0.953. The Bertz CT molecular complexity index is 1690. The van der Waals surface area contributed by atoms with Crippen LogP contribution in [0.2, 0.25) is 0 Å². The minimum absolute atomic E-state index is 0.0303. The van der Waals surface area contributed by atoms with Gasteiger partial charge in [0.2, 0.25) is 5.90 Å². The number of carboxylic acids is 1. The Kier molecular flexibility index (Phi) is 6.40. The third kappa shape index (κ3) is 5.14. The lowest BCUT2D eigenvalue weighted by molar-refractivity contribution is -0.274. The number of nitrogens with zero attached hydrogens (tertiary/aromatic N) is 2. The molecule has 2 aliphatic rings. The molecule has 0 saturated heterocycles. The molecule has 1 atom stereocenters. The Morgan fingerprint density at radius 3 is 2.77 bits per heavy atom. The summed E-state index contributed by atoms with van der Waals surface area (Å²) in [6.45, 7) is 1.83. The molecule has 3 heterocycles. The number of aryl methyl sites for hydroxylation is 2. The van der Waals surface area contributed by atoms with Crippen LogP contribution in [0.3, 0.4) is 0 Å². The summed E-state index contributed by atoms with van der Waals surface area (Å²) in [4.78, 5) is 23.4. The molecule has 0 amide bonds. The van der Waals surface area contributed by atoms with Gasteiger partial charge in [-0.3, -0.25) is 9.78 Å². The van der Waals surface area contributed by atoms with E-state index in [-0.39, 0.29) is 24.0 Å². The van der Waals surface area contributed by atoms with Crippen LogP contribution in [0.25, 0.3) is 22.0 Å². The van der Waals surface area contributed by atoms with Gasteiger partial charge in [0.15, 0.2) is 0 Å². The van der Waals surface area contributed by atoms with Crippen molar-refractivity contribution >= 4 is 47.5 Å². The van der Waals surface area contributed by atoms with Crippen molar-refractivity contribution in [2.24, 2.45) is 4.99 Å². The van der Waals surface area contributed by atoms with Gasteiger partial charge in [-0.05, 0) is 78.4 Å². The topological polar surface area (TPSA) is 96.8 Å². The quantitative estimate of drug-likeness (QED) is 0.225. The number of aromatic amines is 1. The predicted molar refractivity (Wildman–Crippen MR) is 148 cm³/mol. The molecule has 4 aromatic rings. The molecular weight excluding hydrogens is 626 g/mol. The normalized spacial score (nSPS) is 16.8. The first-order chi connectivity index (χ1) is 18.6. The van der Waals surface area contributed by atoms with Gasteiger partial charge in [-0.25, -0.2) is 4.99 Å². The standard InChI is InChI=1S/C28H21F3IN3O4/c1-14-13-33-7-6-20(14)17-8-18(10-19(9-17)38-28(29,30)31)27-35-26(32-39-27)16-3-5-23-22(11-16)21-4-2-15(12-24(36)37)25(21)34-23/h3,5-11,13,15,34H,2,4,12H2,1H3,(H,36,37). The maximum Gasteiger partial charge on any atom is 0.573 e. The summed E-state index contributed by atoms with van der Waals surface area (Å²) in [6, 6.07) is 12.0. The van der Waals surface area contributed by atoms with E-state index in [1.54, 1.807) is 24.5 Å². The molecule has 7 nitrogen and oxygen atoms in total. The second-order valence-corrected chi connectivity index (χ2v) is 11.4. The summed E-state index contributed by atoms with van der Waals surface area (Å²) in [5.41, 5.74) is 6.38. The van der Waals surface area contributed by atoms with Gasteiger partial charge in [-0.15, -0.1) is 13.2 Å². The van der Waals surface area contributed by atoms with Crippen molar-refractivity contribution < 1.29 is 30.9 Å². The lowest BCUT2D eigenvalue weighted by Gasteiger charge is -2.13. The number of carboxylic acid groups (broad SMARTS) is 1. The Morgan fingerprint density at radius 2 is 2.00 bits per heavy atom. The first-order valence-electron chi connectivity index (χ1n) is 12.1. The van der Waals surface area contributed by atoms with Crippen molar-refractivity contribution in [3.05, 3.63) is 82.8 Å². The monoisotopic (exact) mass is 647 g/mol. The van der Waals surface area contributed by atoms with Crippen molar-refractivity contribution in [3.8, 4) is 16.9 Å². The molecule has 6 rings (SSSR count). The summed E-state index contributed by atoms with van der Waals surface area (Å²) in [5, 5.41) is 10.3. The number of ether oxygens (including phenoxy) is 1. The highest BCUT2D eigenvalue weighted by molar-refractivity contribution is 14.2. The molecule has 0 radical (unpaired) electrons. The molecule has 0 fully saturated rings. The van der Waals surface area contributed by atoms with Crippen molar-refractivity contribution in [2.45, 2.75) is 38.5 Å². The molecule has 2 aromatic heterocycles. The van der Waals surface area contributed by atoms with E-state index in [1.807, 2.05) is 25.1 Å². The Hall–Kier alpha value is -3.74. The van der Waals surface area contributed by atoms with Crippen LogP contribution in [-0.4, -0.2) is 36.9 Å². The number of rotatable bonds is 6. The van der Waals surface area contributed by atoms with Crippen LogP contribution in [0.5, 0.6) is 5.75 Å². The number of hydrogen-bond donors (Lipinski definition) is 2. The van der Waals surface area contributed by atoms with E-state index in [1.165, 1.54) is 12.1 Å². The number of carbonyl (C=O) groups is 1. The molecule has 200 valence electrons. The summed E-state index contributed by atoms with van der Waals surface area (Å²) in [7, 11) is 0. The van der Waals surface area contributed by atoms with Crippen LogP contribution in [0.1, 0.15) is 46.7 Å². The van der Waals surface area contributed by atoms with Crippen molar-refractivity contribution in [2.75, 3.05) is 0 Å². The minimum Gasteiger partial charge on any atom is -0.481 e. The van der Waals surface area contributed by atoms with Gasteiger partial charge in [-0.2, -0.15) is 0 Å². The fourth-order valence-electron chi connectivity index (χ4n) is 5.18. The number of aliphatic carboxylic acids is 1. The first-order valence-corrected chi connectivity index (χ1v) is 14.1. The van der Waals surface area contributed by atoms with E-state index in [0.717, 1.165) is 55.3 Å². The molecule has 11 heteroatoms. The van der Waals surface area contributed by atoms with E-state index < -0.39 is 33.5 Å². The molecule has 1 unspecified atom stereocenters. The molecule has 1 aliphatic carbocycles. The third-order valence-electron chi connectivity index (χ3n) is 6.85. The maximum absolute atomic E-state index is 13.1. The second kappa shape index (κ2) is 9.78. The smallest absolute Gasteiger partial charge is 0.481 e. The molecule has 39 heavy (non-hydrogen) atoms. The van der Waals surface area contributed by atoms with Gasteiger partial charge in [0.25, 0.3) is 0 Å². The van der Waals surface area contributed by atoms with E-state index in [9.17, 15) is 23.1 Å².